The van der Waals surface area contributed by atoms with Crippen LogP contribution >= 0.6 is 0 Å². The molecule has 0 N–H and O–H groups in total. The van der Waals surface area contributed by atoms with Crippen LogP contribution in [-0.2, 0) is 6.42 Å². The van der Waals surface area contributed by atoms with Gasteiger partial charge >= 0.3 is 0 Å². The van der Waals surface area contributed by atoms with E-state index in [1.807, 2.05) is 19.1 Å². The molecule has 0 atom stereocenters. The summed E-state index contributed by atoms with van der Waals surface area (Å²) in [6.45, 7) is 2.04. The minimum atomic E-state index is -0.581. The zero-order valence-corrected chi connectivity index (χ0v) is 16.2. The molecule has 1 heterocycles. The Bertz CT molecular complexity index is 1250. The molecule has 4 aromatic rings. The van der Waals surface area contributed by atoms with Crippen LogP contribution in [0.15, 0.2) is 59.0 Å². The monoisotopic (exact) mass is 404 g/mol. The van der Waals surface area contributed by atoms with Crippen molar-refractivity contribution in [3.63, 3.8) is 0 Å². The Hall–Kier alpha value is -3.60. The Morgan fingerprint density at radius 3 is 2.30 bits per heavy atom. The quantitative estimate of drug-likeness (QED) is 0.339. The van der Waals surface area contributed by atoms with Gasteiger partial charge in [0.2, 0.25) is 0 Å². The van der Waals surface area contributed by atoms with Gasteiger partial charge in [0.15, 0.2) is 12.6 Å². The van der Waals surface area contributed by atoms with Crippen LogP contribution in [0.5, 0.6) is 0 Å². The molecule has 0 saturated heterocycles. The number of aldehydes is 2. The average Bonchev–Trinajstić information content (AvgIpc) is 3.11. The van der Waals surface area contributed by atoms with Crippen molar-refractivity contribution in [3.8, 4) is 22.5 Å². The molecule has 0 bridgehead atoms. The highest BCUT2D eigenvalue weighted by molar-refractivity contribution is 6.04. The Morgan fingerprint density at radius 2 is 1.63 bits per heavy atom. The Labute approximate surface area is 172 Å². The van der Waals surface area contributed by atoms with Gasteiger partial charge in [-0.15, -0.1) is 0 Å². The van der Waals surface area contributed by atoms with Crippen molar-refractivity contribution in [1.82, 2.24) is 0 Å². The fourth-order valence-electron chi connectivity index (χ4n) is 3.68. The van der Waals surface area contributed by atoms with Crippen LogP contribution in [0.3, 0.4) is 0 Å². The van der Waals surface area contributed by atoms with Gasteiger partial charge in [-0.1, -0.05) is 19.4 Å². The number of fused-ring (bicyclic) bond motifs is 1. The number of furan rings is 1. The molecule has 0 radical (unpaired) electrons. The van der Waals surface area contributed by atoms with Gasteiger partial charge in [0, 0.05) is 10.9 Å². The lowest BCUT2D eigenvalue weighted by atomic mass is 9.93. The predicted octanol–water partition coefficient (Wildman–Crippen LogP) is 6.62. The Kier molecular flexibility index (Phi) is 5.27. The van der Waals surface area contributed by atoms with E-state index in [-0.39, 0.29) is 11.4 Å². The van der Waals surface area contributed by atoms with Gasteiger partial charge in [-0.3, -0.25) is 9.59 Å². The third-order valence-electron chi connectivity index (χ3n) is 5.13. The maximum Gasteiger partial charge on any atom is 0.154 e. The molecule has 0 amide bonds. The van der Waals surface area contributed by atoms with Crippen LogP contribution < -0.4 is 0 Å². The minimum absolute atomic E-state index is 0.0233. The highest BCUT2D eigenvalue weighted by Crippen LogP contribution is 2.37. The summed E-state index contributed by atoms with van der Waals surface area (Å²) in [5.74, 6) is -0.591. The van der Waals surface area contributed by atoms with Crippen LogP contribution in [0, 0.1) is 11.6 Å². The van der Waals surface area contributed by atoms with E-state index >= 15 is 0 Å². The van der Waals surface area contributed by atoms with Gasteiger partial charge in [-0.25, -0.2) is 8.78 Å². The van der Waals surface area contributed by atoms with Crippen LogP contribution in [0.2, 0.25) is 0 Å². The molecule has 0 fully saturated rings. The number of hydrogen-bond donors (Lipinski definition) is 0. The van der Waals surface area contributed by atoms with Crippen molar-refractivity contribution in [2.45, 2.75) is 19.8 Å². The predicted molar refractivity (Wildman–Crippen MR) is 112 cm³/mol. The van der Waals surface area contributed by atoms with Crippen molar-refractivity contribution < 1.29 is 22.8 Å². The summed E-state index contributed by atoms with van der Waals surface area (Å²) in [5, 5.41) is 0.608. The molecule has 5 heteroatoms. The molecule has 1 aromatic heterocycles. The smallest absolute Gasteiger partial charge is 0.154 e. The van der Waals surface area contributed by atoms with E-state index < -0.39 is 5.82 Å². The van der Waals surface area contributed by atoms with Crippen molar-refractivity contribution in [3.05, 3.63) is 82.9 Å². The molecular weight excluding hydrogens is 386 g/mol. The van der Waals surface area contributed by atoms with Crippen LogP contribution in [0.25, 0.3) is 33.4 Å². The second-order valence-electron chi connectivity index (χ2n) is 7.08. The van der Waals surface area contributed by atoms with E-state index in [9.17, 15) is 18.4 Å². The van der Waals surface area contributed by atoms with E-state index in [2.05, 4.69) is 0 Å². The Balaban J connectivity index is 1.97. The van der Waals surface area contributed by atoms with Crippen molar-refractivity contribution in [1.29, 1.82) is 0 Å². The van der Waals surface area contributed by atoms with E-state index in [0.29, 0.717) is 39.7 Å². The third-order valence-corrected chi connectivity index (χ3v) is 5.13. The maximum absolute atomic E-state index is 13.8. The summed E-state index contributed by atoms with van der Waals surface area (Å²) in [5.41, 5.74) is 3.93. The molecule has 0 aliphatic carbocycles. The summed E-state index contributed by atoms with van der Waals surface area (Å²) in [6.07, 6.45) is 2.81. The highest BCUT2D eigenvalue weighted by Gasteiger charge is 2.19. The van der Waals surface area contributed by atoms with Crippen LogP contribution in [0.4, 0.5) is 8.78 Å². The molecule has 0 aliphatic heterocycles. The molecule has 3 nitrogen and oxygen atoms in total. The van der Waals surface area contributed by atoms with E-state index in [1.165, 1.54) is 24.3 Å². The van der Waals surface area contributed by atoms with E-state index in [1.54, 1.807) is 18.2 Å². The number of aryl methyl sites for hydroxylation is 1. The highest BCUT2D eigenvalue weighted by atomic mass is 19.1. The largest absolute Gasteiger partial charge is 0.455 e. The second kappa shape index (κ2) is 8.03. The zero-order valence-electron chi connectivity index (χ0n) is 16.2. The van der Waals surface area contributed by atoms with Crippen molar-refractivity contribution >= 4 is 23.5 Å². The fourth-order valence-corrected chi connectivity index (χ4v) is 3.68. The Morgan fingerprint density at radius 1 is 0.900 bits per heavy atom. The minimum Gasteiger partial charge on any atom is -0.455 e. The lowest BCUT2D eigenvalue weighted by Gasteiger charge is -2.10. The summed E-state index contributed by atoms with van der Waals surface area (Å²) in [7, 11) is 0. The lowest BCUT2D eigenvalue weighted by molar-refractivity contribution is 0.111. The normalized spacial score (nSPS) is 11.0. The number of rotatable bonds is 6. The summed E-state index contributed by atoms with van der Waals surface area (Å²) in [6, 6.07) is 13.8. The molecule has 0 unspecified atom stereocenters. The molecule has 4 rings (SSSR count). The van der Waals surface area contributed by atoms with Crippen molar-refractivity contribution in [2.24, 2.45) is 0 Å². The molecule has 0 spiro atoms. The first-order valence-corrected chi connectivity index (χ1v) is 9.61. The molecular formula is C25H18F2O3. The fraction of sp³-hybridized carbons (Fsp3) is 0.120. The van der Waals surface area contributed by atoms with Crippen LogP contribution in [0.1, 0.15) is 39.6 Å². The van der Waals surface area contributed by atoms with Gasteiger partial charge in [0.05, 0.1) is 11.1 Å². The summed E-state index contributed by atoms with van der Waals surface area (Å²) in [4.78, 5) is 23.1. The van der Waals surface area contributed by atoms with E-state index in [4.69, 9.17) is 4.42 Å². The number of carbonyl (C=O) groups excluding carboxylic acids is 2. The number of hydrogen-bond acceptors (Lipinski definition) is 3. The molecule has 150 valence electrons. The number of benzene rings is 3. The standard InChI is InChI=1S/C25H18F2O3/c1-2-3-16-11-24-21(12-20(16)17-6-9-23(27)18(10-17)13-28)22(14-29)25(30-24)15-4-7-19(26)8-5-15/h4-14H,2-3H2,1H3. The van der Waals surface area contributed by atoms with Gasteiger partial charge in [0.1, 0.15) is 23.0 Å². The average molecular weight is 404 g/mol. The zero-order chi connectivity index (χ0) is 21.3. The SMILES string of the molecule is CCCc1cc2oc(-c3ccc(F)cc3)c(C=O)c2cc1-c1ccc(F)c(C=O)c1. The second-order valence-corrected chi connectivity index (χ2v) is 7.08. The molecule has 0 aliphatic rings. The number of carbonyl (C=O) groups is 2. The topological polar surface area (TPSA) is 47.3 Å². The molecule has 0 saturated carbocycles. The first-order chi connectivity index (χ1) is 14.5. The molecule has 30 heavy (non-hydrogen) atoms. The van der Waals surface area contributed by atoms with Crippen molar-refractivity contribution in [2.75, 3.05) is 0 Å². The van der Waals surface area contributed by atoms with Gasteiger partial charge in [0.25, 0.3) is 0 Å². The first kappa shape index (κ1) is 19.7. The van der Waals surface area contributed by atoms with Gasteiger partial charge < -0.3 is 4.42 Å². The maximum atomic E-state index is 13.8. The van der Waals surface area contributed by atoms with Gasteiger partial charge in [-0.05, 0) is 71.6 Å². The summed E-state index contributed by atoms with van der Waals surface area (Å²) >= 11 is 0. The van der Waals surface area contributed by atoms with E-state index in [0.717, 1.165) is 30.3 Å². The summed E-state index contributed by atoms with van der Waals surface area (Å²) < 4.78 is 33.1. The first-order valence-electron chi connectivity index (χ1n) is 9.61. The third kappa shape index (κ3) is 3.43. The van der Waals surface area contributed by atoms with Crippen LogP contribution in [-0.4, -0.2) is 12.6 Å². The lowest BCUT2D eigenvalue weighted by Crippen LogP contribution is -1.93. The number of halogens is 2. The molecule has 3 aromatic carbocycles. The van der Waals surface area contributed by atoms with Gasteiger partial charge in [-0.2, -0.15) is 0 Å².